The highest BCUT2D eigenvalue weighted by molar-refractivity contribution is 5.91. The summed E-state index contributed by atoms with van der Waals surface area (Å²) in [6, 6.07) is 4.85. The lowest BCUT2D eigenvalue weighted by Crippen LogP contribution is -2.46. The van der Waals surface area contributed by atoms with E-state index in [1.54, 1.807) is 0 Å². The summed E-state index contributed by atoms with van der Waals surface area (Å²) in [5.41, 5.74) is -1.24. The van der Waals surface area contributed by atoms with Gasteiger partial charge in [-0.1, -0.05) is 0 Å². The van der Waals surface area contributed by atoms with Gasteiger partial charge in [-0.3, -0.25) is 4.98 Å². The van der Waals surface area contributed by atoms with Crippen molar-refractivity contribution in [1.82, 2.24) is 10.3 Å². The van der Waals surface area contributed by atoms with Crippen molar-refractivity contribution in [3.63, 3.8) is 0 Å². The molecule has 11 heteroatoms. The Morgan fingerprint density at radius 2 is 1.88 bits per heavy atom. The number of alkyl halides is 3. The fourth-order valence-electron chi connectivity index (χ4n) is 3.92. The number of benzene rings is 2. The molecule has 1 unspecified atom stereocenters. The van der Waals surface area contributed by atoms with E-state index in [0.29, 0.717) is 35.7 Å². The Bertz CT molecular complexity index is 1230. The molecule has 0 radical (unpaired) electrons. The van der Waals surface area contributed by atoms with Gasteiger partial charge in [0, 0.05) is 41.5 Å². The molecule has 34 heavy (non-hydrogen) atoms. The van der Waals surface area contributed by atoms with Crippen LogP contribution in [-0.2, 0) is 17.5 Å². The minimum absolute atomic E-state index is 0.0853. The molecule has 1 saturated carbocycles. The molecule has 1 aliphatic carbocycles. The molecule has 0 aliphatic heterocycles. The highest BCUT2D eigenvalue weighted by Crippen LogP contribution is 2.35. The first-order valence-electron chi connectivity index (χ1n) is 10.3. The lowest BCUT2D eigenvalue weighted by Gasteiger charge is -2.36. The maximum Gasteiger partial charge on any atom is 0.419 e. The van der Waals surface area contributed by atoms with E-state index in [4.69, 9.17) is 9.84 Å². The van der Waals surface area contributed by atoms with Crippen LogP contribution in [0.4, 0.5) is 22.0 Å². The van der Waals surface area contributed by atoms with E-state index in [2.05, 4.69) is 10.3 Å². The second-order valence-electron chi connectivity index (χ2n) is 8.02. The van der Waals surface area contributed by atoms with E-state index >= 15 is 0 Å². The Morgan fingerprint density at radius 3 is 2.56 bits per heavy atom. The fraction of sp³-hybridized carbons (Fsp3) is 0.304. The van der Waals surface area contributed by atoms with Gasteiger partial charge in [-0.05, 0) is 48.6 Å². The summed E-state index contributed by atoms with van der Waals surface area (Å²) in [6.45, 7) is 0.0853. The van der Waals surface area contributed by atoms with Crippen molar-refractivity contribution in [3.8, 4) is 5.75 Å². The Kier molecular flexibility index (Phi) is 6.41. The molecule has 0 bridgehead atoms. The molecule has 0 spiro atoms. The number of carbonyl (C=O) groups is 1. The molecule has 1 atom stereocenters. The largest absolute Gasteiger partial charge is 0.490 e. The van der Waals surface area contributed by atoms with Gasteiger partial charge in [0.2, 0.25) is 0 Å². The molecular formula is C23H19F5N2O4. The number of aliphatic hydroxyl groups is 1. The highest BCUT2D eigenvalue weighted by Gasteiger charge is 2.36. The van der Waals surface area contributed by atoms with Gasteiger partial charge in [0.05, 0.1) is 5.56 Å². The number of fused-ring (bicyclic) bond motifs is 1. The van der Waals surface area contributed by atoms with Gasteiger partial charge >= 0.3 is 12.1 Å². The predicted octanol–water partition coefficient (Wildman–Crippen LogP) is 4.35. The summed E-state index contributed by atoms with van der Waals surface area (Å²) in [7, 11) is 0. The molecule has 1 aliphatic rings. The van der Waals surface area contributed by atoms with Crippen molar-refractivity contribution in [1.29, 1.82) is 0 Å². The van der Waals surface area contributed by atoms with Gasteiger partial charge in [0.25, 0.3) is 0 Å². The number of ether oxygens (including phenoxy) is 1. The van der Waals surface area contributed by atoms with Crippen LogP contribution in [0, 0.1) is 11.6 Å². The minimum atomic E-state index is -4.83. The molecule has 0 amide bonds. The number of aromatic nitrogens is 1. The highest BCUT2D eigenvalue weighted by atomic mass is 19.4. The standard InChI is InChI=1S/C23H19F5N2O4/c24-19-2-1-12(7-18(19)23(26,27)28)34-13-5-11(6-13)30-10-17-14-3-4-29-9-16(14)15(8-20(17)25)21(31)22(32)33/h1-4,7-9,11,13,21,30-31H,5-6,10H2,(H,32,33). The average Bonchev–Trinajstić information content (AvgIpc) is 2.75. The maximum absolute atomic E-state index is 14.8. The van der Waals surface area contributed by atoms with E-state index in [0.717, 1.165) is 12.1 Å². The third kappa shape index (κ3) is 4.80. The number of hydrogen-bond donors (Lipinski definition) is 3. The van der Waals surface area contributed by atoms with Crippen molar-refractivity contribution in [2.24, 2.45) is 0 Å². The molecular weight excluding hydrogens is 463 g/mol. The third-order valence-corrected chi connectivity index (χ3v) is 5.76. The second kappa shape index (κ2) is 9.15. The zero-order valence-electron chi connectivity index (χ0n) is 17.4. The van der Waals surface area contributed by atoms with Gasteiger partial charge < -0.3 is 20.3 Å². The van der Waals surface area contributed by atoms with Crippen LogP contribution >= 0.6 is 0 Å². The zero-order valence-corrected chi connectivity index (χ0v) is 17.4. The zero-order chi connectivity index (χ0) is 24.6. The molecule has 3 aromatic rings. The van der Waals surface area contributed by atoms with E-state index in [1.165, 1.54) is 18.5 Å². The van der Waals surface area contributed by atoms with Crippen LogP contribution in [0.25, 0.3) is 10.8 Å². The Labute approximate surface area is 190 Å². The number of aliphatic carboxylic acids is 1. The Balaban J connectivity index is 1.41. The molecule has 3 N–H and O–H groups in total. The first-order chi connectivity index (χ1) is 16.0. The van der Waals surface area contributed by atoms with Crippen LogP contribution in [0.2, 0.25) is 0 Å². The van der Waals surface area contributed by atoms with Crippen molar-refractivity contribution < 1.29 is 41.7 Å². The van der Waals surface area contributed by atoms with Crippen molar-refractivity contribution in [2.45, 2.75) is 43.8 Å². The number of carboxylic acids is 1. The Hall–Kier alpha value is -3.31. The topological polar surface area (TPSA) is 91.7 Å². The molecule has 180 valence electrons. The normalized spacial score (nSPS) is 19.0. The number of nitrogens with zero attached hydrogens (tertiary/aromatic N) is 1. The second-order valence-corrected chi connectivity index (χ2v) is 8.02. The summed E-state index contributed by atoms with van der Waals surface area (Å²) < 4.78 is 72.3. The number of nitrogens with one attached hydrogen (secondary N) is 1. The van der Waals surface area contributed by atoms with E-state index in [-0.39, 0.29) is 35.6 Å². The lowest BCUT2D eigenvalue weighted by atomic mass is 9.88. The summed E-state index contributed by atoms with van der Waals surface area (Å²) in [6.07, 6.45) is -3.46. The summed E-state index contributed by atoms with van der Waals surface area (Å²) >= 11 is 0. The van der Waals surface area contributed by atoms with Gasteiger partial charge in [-0.15, -0.1) is 0 Å². The summed E-state index contributed by atoms with van der Waals surface area (Å²) in [4.78, 5) is 15.1. The molecule has 6 nitrogen and oxygen atoms in total. The molecule has 1 heterocycles. The fourth-order valence-corrected chi connectivity index (χ4v) is 3.92. The van der Waals surface area contributed by atoms with Crippen LogP contribution in [0.3, 0.4) is 0 Å². The number of halogens is 5. The molecule has 1 aromatic heterocycles. The predicted molar refractivity (Wildman–Crippen MR) is 110 cm³/mol. The number of pyridine rings is 1. The smallest absolute Gasteiger partial charge is 0.419 e. The minimum Gasteiger partial charge on any atom is -0.490 e. The number of aliphatic hydroxyl groups excluding tert-OH is 1. The number of hydrogen-bond acceptors (Lipinski definition) is 5. The monoisotopic (exact) mass is 482 g/mol. The maximum atomic E-state index is 14.8. The third-order valence-electron chi connectivity index (χ3n) is 5.76. The number of rotatable bonds is 7. The average molecular weight is 482 g/mol. The summed E-state index contributed by atoms with van der Waals surface area (Å²) in [5, 5.41) is 22.8. The van der Waals surface area contributed by atoms with Crippen LogP contribution in [0.15, 0.2) is 42.7 Å². The van der Waals surface area contributed by atoms with Gasteiger partial charge in [0.1, 0.15) is 23.5 Å². The van der Waals surface area contributed by atoms with Crippen molar-refractivity contribution in [2.75, 3.05) is 0 Å². The van der Waals surface area contributed by atoms with E-state index in [1.807, 2.05) is 0 Å². The molecule has 4 rings (SSSR count). The van der Waals surface area contributed by atoms with E-state index < -0.39 is 35.4 Å². The van der Waals surface area contributed by atoms with Crippen LogP contribution < -0.4 is 10.1 Å². The SMILES string of the molecule is O=C(O)C(O)c1cc(F)c(CNC2CC(Oc3ccc(F)c(C(F)(F)F)c3)C2)c2ccncc12. The number of carboxylic acid groups (broad SMARTS) is 1. The van der Waals surface area contributed by atoms with Gasteiger partial charge in [-0.25, -0.2) is 13.6 Å². The first-order valence-corrected chi connectivity index (χ1v) is 10.3. The molecule has 2 aromatic carbocycles. The molecule has 0 saturated heterocycles. The van der Waals surface area contributed by atoms with Crippen molar-refractivity contribution in [3.05, 3.63) is 71.1 Å². The van der Waals surface area contributed by atoms with Crippen LogP contribution in [0.5, 0.6) is 5.75 Å². The quantitative estimate of drug-likeness (QED) is 0.434. The van der Waals surface area contributed by atoms with Gasteiger partial charge in [-0.2, -0.15) is 13.2 Å². The molecule has 1 fully saturated rings. The summed E-state index contributed by atoms with van der Waals surface area (Å²) in [5.74, 6) is -3.67. The van der Waals surface area contributed by atoms with Crippen LogP contribution in [0.1, 0.15) is 35.6 Å². The van der Waals surface area contributed by atoms with Crippen LogP contribution in [-0.4, -0.2) is 33.3 Å². The van der Waals surface area contributed by atoms with Crippen molar-refractivity contribution >= 4 is 16.7 Å². The van der Waals surface area contributed by atoms with E-state index in [9.17, 15) is 31.9 Å². The Morgan fingerprint density at radius 1 is 1.15 bits per heavy atom. The van der Waals surface area contributed by atoms with Gasteiger partial charge in [0.15, 0.2) is 6.10 Å². The lowest BCUT2D eigenvalue weighted by molar-refractivity contribution is -0.147. The first kappa shape index (κ1) is 23.8.